The molecule has 0 fully saturated rings. The summed E-state index contributed by atoms with van der Waals surface area (Å²) in [5.41, 5.74) is 8.84. The molecule has 7 heteroatoms. The second kappa shape index (κ2) is 10.3. The van der Waals surface area contributed by atoms with Gasteiger partial charge in [0, 0.05) is 30.7 Å². The first-order valence-corrected chi connectivity index (χ1v) is 8.10. The lowest BCUT2D eigenvalue weighted by Crippen LogP contribution is -2.53. The summed E-state index contributed by atoms with van der Waals surface area (Å²) in [7, 11) is 1.94. The van der Waals surface area contributed by atoms with Crippen LogP contribution >= 0.6 is 24.8 Å². The number of aromatic nitrogens is 2. The van der Waals surface area contributed by atoms with Gasteiger partial charge in [-0.1, -0.05) is 20.8 Å². The van der Waals surface area contributed by atoms with Gasteiger partial charge in [-0.05, 0) is 45.1 Å². The van der Waals surface area contributed by atoms with Gasteiger partial charge >= 0.3 is 0 Å². The molecular weight excluding hydrogens is 347 g/mol. The fourth-order valence-corrected chi connectivity index (χ4v) is 3.02. The Labute approximate surface area is 159 Å². The SMILES string of the molecule is Cc1nn(C)c(C)c1CC(C)C(=O)NC(C)(CN)CC(C)C.Cl.Cl. The van der Waals surface area contributed by atoms with Crippen molar-refractivity contribution in [1.29, 1.82) is 0 Å². The normalized spacial score (nSPS) is 14.4. The summed E-state index contributed by atoms with van der Waals surface area (Å²) in [5.74, 6) is 0.461. The summed E-state index contributed by atoms with van der Waals surface area (Å²) in [6, 6.07) is 0. The number of aryl methyl sites for hydroxylation is 2. The molecule has 24 heavy (non-hydrogen) atoms. The molecule has 0 radical (unpaired) electrons. The number of nitrogens with zero attached hydrogens (tertiary/aromatic N) is 2. The summed E-state index contributed by atoms with van der Waals surface area (Å²) in [6.07, 6.45) is 1.59. The van der Waals surface area contributed by atoms with Crippen LogP contribution < -0.4 is 11.1 Å². The molecule has 0 aromatic carbocycles. The van der Waals surface area contributed by atoms with Crippen molar-refractivity contribution >= 4 is 30.7 Å². The number of nitrogens with one attached hydrogen (secondary N) is 1. The van der Waals surface area contributed by atoms with Gasteiger partial charge < -0.3 is 11.1 Å². The first kappa shape index (κ1) is 25.5. The Bertz CT molecular complexity index is 531. The predicted octanol–water partition coefficient (Wildman–Crippen LogP) is 2.94. The monoisotopic (exact) mass is 380 g/mol. The summed E-state index contributed by atoms with van der Waals surface area (Å²) in [4.78, 5) is 12.5. The van der Waals surface area contributed by atoms with Crippen molar-refractivity contribution in [3.05, 3.63) is 17.0 Å². The van der Waals surface area contributed by atoms with Gasteiger partial charge in [0.15, 0.2) is 0 Å². The molecule has 5 nitrogen and oxygen atoms in total. The Morgan fingerprint density at radius 3 is 2.21 bits per heavy atom. The Morgan fingerprint density at radius 2 is 1.83 bits per heavy atom. The van der Waals surface area contributed by atoms with E-state index in [1.165, 1.54) is 5.56 Å². The van der Waals surface area contributed by atoms with Crippen molar-refractivity contribution < 1.29 is 4.79 Å². The minimum absolute atomic E-state index is 0. The van der Waals surface area contributed by atoms with E-state index in [1.807, 2.05) is 39.4 Å². The molecule has 0 bridgehead atoms. The quantitative estimate of drug-likeness (QED) is 0.763. The second-order valence-electron chi connectivity index (χ2n) is 7.23. The number of nitrogens with two attached hydrogens (primary N) is 1. The molecule has 0 aliphatic heterocycles. The highest BCUT2D eigenvalue weighted by atomic mass is 35.5. The number of carbonyl (C=O) groups is 1. The zero-order chi connectivity index (χ0) is 17.1. The summed E-state index contributed by atoms with van der Waals surface area (Å²) < 4.78 is 1.87. The number of rotatable bonds is 7. The van der Waals surface area contributed by atoms with Crippen LogP contribution in [0.2, 0.25) is 0 Å². The molecule has 1 aromatic heterocycles. The smallest absolute Gasteiger partial charge is 0.223 e. The zero-order valence-electron chi connectivity index (χ0n) is 16.0. The average Bonchev–Trinajstić information content (AvgIpc) is 2.64. The van der Waals surface area contributed by atoms with Crippen molar-refractivity contribution in [1.82, 2.24) is 15.1 Å². The van der Waals surface area contributed by atoms with Crippen molar-refractivity contribution in [3.8, 4) is 0 Å². The van der Waals surface area contributed by atoms with Gasteiger partial charge in [-0.15, -0.1) is 24.8 Å². The fourth-order valence-electron chi connectivity index (χ4n) is 3.02. The Kier molecular flexibility index (Phi) is 10.9. The molecule has 0 aliphatic rings. The minimum atomic E-state index is -0.335. The average molecular weight is 381 g/mol. The molecule has 142 valence electrons. The molecule has 0 aliphatic carbocycles. The van der Waals surface area contributed by atoms with Gasteiger partial charge in [-0.3, -0.25) is 9.48 Å². The van der Waals surface area contributed by atoms with Crippen LogP contribution in [0, 0.1) is 25.7 Å². The van der Waals surface area contributed by atoms with E-state index in [-0.39, 0.29) is 42.2 Å². The lowest BCUT2D eigenvalue weighted by atomic mass is 9.89. The molecule has 2 unspecified atom stereocenters. The Hall–Kier alpha value is -0.780. The van der Waals surface area contributed by atoms with Crippen LogP contribution in [0.5, 0.6) is 0 Å². The highest BCUT2D eigenvalue weighted by molar-refractivity contribution is 5.85. The number of hydrogen-bond donors (Lipinski definition) is 2. The fraction of sp³-hybridized carbons (Fsp3) is 0.765. The molecule has 1 rings (SSSR count). The Balaban J connectivity index is 0. The van der Waals surface area contributed by atoms with Crippen LogP contribution in [0.1, 0.15) is 51.1 Å². The van der Waals surface area contributed by atoms with Gasteiger partial charge in [0.25, 0.3) is 0 Å². The van der Waals surface area contributed by atoms with E-state index < -0.39 is 0 Å². The molecule has 0 saturated carbocycles. The lowest BCUT2D eigenvalue weighted by molar-refractivity contribution is -0.126. The predicted molar refractivity (Wildman–Crippen MR) is 105 cm³/mol. The highest BCUT2D eigenvalue weighted by Crippen LogP contribution is 2.19. The number of halogens is 2. The lowest BCUT2D eigenvalue weighted by Gasteiger charge is -2.32. The van der Waals surface area contributed by atoms with Crippen molar-refractivity contribution in [2.45, 2.75) is 59.9 Å². The summed E-state index contributed by atoms with van der Waals surface area (Å²) >= 11 is 0. The van der Waals surface area contributed by atoms with E-state index >= 15 is 0 Å². The standard InChI is InChI=1S/C17H32N4O.2ClH/c1-11(2)9-17(6,10-18)19-16(22)12(3)8-15-13(4)20-21(7)14(15)5;;/h11-12H,8-10,18H2,1-7H3,(H,19,22);2*1H. The van der Waals surface area contributed by atoms with Crippen LogP contribution in [0.4, 0.5) is 0 Å². The van der Waals surface area contributed by atoms with Gasteiger partial charge in [-0.2, -0.15) is 5.10 Å². The highest BCUT2D eigenvalue weighted by Gasteiger charge is 2.28. The maximum absolute atomic E-state index is 12.5. The molecule has 0 spiro atoms. The first-order chi connectivity index (χ1) is 10.1. The van der Waals surface area contributed by atoms with Crippen LogP contribution in [0.25, 0.3) is 0 Å². The zero-order valence-corrected chi connectivity index (χ0v) is 17.6. The van der Waals surface area contributed by atoms with E-state index in [0.717, 1.165) is 17.8 Å². The van der Waals surface area contributed by atoms with Crippen molar-refractivity contribution in [3.63, 3.8) is 0 Å². The minimum Gasteiger partial charge on any atom is -0.349 e. The second-order valence-corrected chi connectivity index (χ2v) is 7.23. The van der Waals surface area contributed by atoms with Crippen LogP contribution in [-0.4, -0.2) is 27.8 Å². The maximum Gasteiger partial charge on any atom is 0.223 e. The number of hydrogen-bond acceptors (Lipinski definition) is 3. The van der Waals surface area contributed by atoms with Crippen molar-refractivity contribution in [2.24, 2.45) is 24.6 Å². The molecule has 2 atom stereocenters. The third-order valence-corrected chi connectivity index (χ3v) is 4.35. The van der Waals surface area contributed by atoms with E-state index in [4.69, 9.17) is 5.73 Å². The number of carbonyl (C=O) groups excluding carboxylic acids is 1. The Morgan fingerprint density at radius 1 is 1.29 bits per heavy atom. The van der Waals surface area contributed by atoms with Gasteiger partial charge in [0.2, 0.25) is 5.91 Å². The van der Waals surface area contributed by atoms with E-state index in [9.17, 15) is 4.79 Å². The van der Waals surface area contributed by atoms with E-state index in [2.05, 4.69) is 24.3 Å². The van der Waals surface area contributed by atoms with Gasteiger partial charge in [-0.25, -0.2) is 0 Å². The van der Waals surface area contributed by atoms with E-state index in [1.54, 1.807) is 0 Å². The molecule has 3 N–H and O–H groups in total. The van der Waals surface area contributed by atoms with Crippen LogP contribution in [0.15, 0.2) is 0 Å². The molecule has 1 aromatic rings. The van der Waals surface area contributed by atoms with Gasteiger partial charge in [0.05, 0.1) is 5.69 Å². The van der Waals surface area contributed by atoms with Crippen molar-refractivity contribution in [2.75, 3.05) is 6.54 Å². The molecule has 0 saturated heterocycles. The third-order valence-electron chi connectivity index (χ3n) is 4.35. The molecular formula is C17H34Cl2N4O. The van der Waals surface area contributed by atoms with Crippen LogP contribution in [0.3, 0.4) is 0 Å². The third kappa shape index (κ3) is 6.61. The van der Waals surface area contributed by atoms with Gasteiger partial charge in [0.1, 0.15) is 0 Å². The van der Waals surface area contributed by atoms with E-state index in [0.29, 0.717) is 18.9 Å². The molecule has 1 heterocycles. The maximum atomic E-state index is 12.5. The first-order valence-electron chi connectivity index (χ1n) is 8.10. The largest absolute Gasteiger partial charge is 0.349 e. The number of amides is 1. The molecule has 1 amide bonds. The van der Waals surface area contributed by atoms with Crippen LogP contribution in [-0.2, 0) is 18.3 Å². The topological polar surface area (TPSA) is 72.9 Å². The summed E-state index contributed by atoms with van der Waals surface area (Å²) in [5, 5.41) is 7.57. The summed E-state index contributed by atoms with van der Waals surface area (Å²) in [6.45, 7) is 12.8.